The number of hydrogen-bond acceptors (Lipinski definition) is 4. The number of anilines is 12. The molecule has 2 aliphatic heterocycles. The van der Waals surface area contributed by atoms with Crippen molar-refractivity contribution in [2.24, 2.45) is 0 Å². The summed E-state index contributed by atoms with van der Waals surface area (Å²) in [4.78, 5) is 9.76. The minimum Gasteiger partial charge on any atom is -0.311 e. The fraction of sp³-hybridized carbons (Fsp3) is 0.229. The predicted molar refractivity (Wildman–Crippen MR) is 515 cm³/mol. The smallest absolute Gasteiger partial charge is 0.252 e. The highest BCUT2D eigenvalue weighted by Crippen LogP contribution is 2.55. The SMILES string of the molecule is C.Cc1ccc(N(c2ccc(C(C)(C)C)cc2)c2cc(Cl)cc(N(c3ccc(C(C)(C)C)cc3)c3ccc(C)cc3-c3ccccc3C)c2Br)c(-c2ccccc2C)c1.Cc1ccc(N2c3ccc(C(C)(C)C)cc3B3c4cc(C(C)(C)C)ccc4N(c4ccc(C)cc4-c4ccccc4C)c4cc(Cl)cc2c43)c(-c2ccccc2C)c1. The van der Waals surface area contributed by atoms with Crippen LogP contribution in [0.3, 0.4) is 0 Å². The Balaban J connectivity index is 0.000000191. The molecule has 8 heteroatoms. The van der Waals surface area contributed by atoms with Crippen molar-refractivity contribution in [2.75, 3.05) is 19.6 Å². The lowest BCUT2D eigenvalue weighted by molar-refractivity contribution is 0.590. The van der Waals surface area contributed by atoms with Crippen molar-refractivity contribution in [3.63, 3.8) is 0 Å². The molecule has 0 aromatic heterocycles. The van der Waals surface area contributed by atoms with Crippen LogP contribution in [0.5, 0.6) is 0 Å². The van der Waals surface area contributed by atoms with Crippen LogP contribution in [0.25, 0.3) is 44.5 Å². The topological polar surface area (TPSA) is 13.0 Å². The van der Waals surface area contributed by atoms with Gasteiger partial charge >= 0.3 is 0 Å². The van der Waals surface area contributed by atoms with Crippen LogP contribution in [0.15, 0.2) is 284 Å². The zero-order valence-electron chi connectivity index (χ0n) is 71.1. The first-order chi connectivity index (χ1) is 55.1. The molecule has 2 aliphatic rings. The maximum absolute atomic E-state index is 7.42. The molecule has 0 radical (unpaired) electrons. The van der Waals surface area contributed by atoms with Crippen LogP contribution in [0.2, 0.25) is 10.0 Å². The molecule has 117 heavy (non-hydrogen) atoms. The number of halogens is 3. The van der Waals surface area contributed by atoms with E-state index in [0.29, 0.717) is 10.0 Å². The van der Waals surface area contributed by atoms with E-state index in [0.717, 1.165) is 72.5 Å². The summed E-state index contributed by atoms with van der Waals surface area (Å²) < 4.78 is 0.921. The van der Waals surface area contributed by atoms with Crippen molar-refractivity contribution in [3.8, 4) is 44.5 Å². The second-order valence-electron chi connectivity index (χ2n) is 36.4. The Labute approximate surface area is 717 Å². The average Bonchev–Trinajstić information content (AvgIpc) is 0.690. The first-order valence-electron chi connectivity index (χ1n) is 40.8. The van der Waals surface area contributed by atoms with E-state index in [1.165, 1.54) is 128 Å². The third-order valence-electron chi connectivity index (χ3n) is 23.5. The van der Waals surface area contributed by atoms with E-state index in [4.69, 9.17) is 23.2 Å². The molecule has 0 atom stereocenters. The highest BCUT2D eigenvalue weighted by Gasteiger charge is 2.46. The summed E-state index contributed by atoms with van der Waals surface area (Å²) in [7, 11) is 0. The second-order valence-corrected chi connectivity index (χ2v) is 38.0. The first-order valence-corrected chi connectivity index (χ1v) is 42.4. The van der Waals surface area contributed by atoms with Crippen LogP contribution in [0, 0.1) is 55.4 Å². The Kier molecular flexibility index (Phi) is 22.9. The molecule has 16 rings (SSSR count). The summed E-state index contributed by atoms with van der Waals surface area (Å²) in [5, 5.41) is 1.34. The molecule has 0 saturated carbocycles. The standard InChI is InChI=1S/C54H52BClN2.C54H54BrClN2.CH4/c1-33-19-23-46(42(27-33)40-17-13-11-15-35(40)3)57-48-25-21-37(53(5,6)7)29-44(48)55-45-30-38(54(8,9)10)22-26-49(45)58(51-32-39(56)31-50(57)52(51)55)47-24-20-34(2)28-43(47)41-18-14-12-16-36(41)4;1-35-19-29-48(46(31-35)44-17-13-11-15-37(44)3)57(42-25-21-39(22-26-42)53(5,6)7)50-33-41(56)34-51(52(50)55)58(43-27-23-40(24-28-43)54(8,9)10)49-30-20-36(2)32-47(49)45-18-14-12-16-38(45)4;/h11-32H,1-10H3;11-34H,1-10H3;1H4. The number of hydrogen-bond donors (Lipinski definition) is 0. The molecular weight excluding hydrogens is 1530 g/mol. The second kappa shape index (κ2) is 32.4. The Bertz CT molecular complexity index is 5760. The van der Waals surface area contributed by atoms with Gasteiger partial charge in [0.15, 0.2) is 0 Å². The highest BCUT2D eigenvalue weighted by molar-refractivity contribution is 9.10. The Morgan fingerprint density at radius 2 is 0.556 bits per heavy atom. The maximum Gasteiger partial charge on any atom is 0.252 e. The van der Waals surface area contributed by atoms with Gasteiger partial charge in [-0.25, -0.2) is 0 Å². The van der Waals surface area contributed by atoms with Crippen molar-refractivity contribution < 1.29 is 0 Å². The summed E-state index contributed by atoms with van der Waals surface area (Å²) >= 11 is 19.1. The molecule has 0 bridgehead atoms. The minimum absolute atomic E-state index is 0. The number of nitrogens with zero attached hydrogens (tertiary/aromatic N) is 4. The molecule has 0 unspecified atom stereocenters. The summed E-state index contributed by atoms with van der Waals surface area (Å²) in [6, 6.07) is 103. The molecule has 4 nitrogen and oxygen atoms in total. The van der Waals surface area contributed by atoms with Gasteiger partial charge in [0, 0.05) is 66.4 Å². The molecule has 0 spiro atoms. The van der Waals surface area contributed by atoms with Crippen LogP contribution < -0.4 is 36.0 Å². The predicted octanol–water partition coefficient (Wildman–Crippen LogP) is 31.4. The molecule has 0 saturated heterocycles. The lowest BCUT2D eigenvalue weighted by Crippen LogP contribution is -2.61. The number of rotatable bonds is 12. The zero-order valence-corrected chi connectivity index (χ0v) is 74.2. The van der Waals surface area contributed by atoms with Crippen molar-refractivity contribution in [1.82, 2.24) is 0 Å². The summed E-state index contributed by atoms with van der Waals surface area (Å²) in [5.74, 6) is 0. The van der Waals surface area contributed by atoms with E-state index in [1.54, 1.807) is 0 Å². The van der Waals surface area contributed by atoms with Gasteiger partial charge in [0.25, 0.3) is 6.71 Å². The molecule has 14 aromatic carbocycles. The van der Waals surface area contributed by atoms with Gasteiger partial charge in [-0.15, -0.1) is 0 Å². The van der Waals surface area contributed by atoms with E-state index in [1.807, 2.05) is 0 Å². The van der Waals surface area contributed by atoms with Gasteiger partial charge in [0.2, 0.25) is 0 Å². The van der Waals surface area contributed by atoms with Crippen LogP contribution in [0.1, 0.15) is 157 Å². The summed E-state index contributed by atoms with van der Waals surface area (Å²) in [6.45, 7) is 45.0. The monoisotopic (exact) mass is 1630 g/mol. The van der Waals surface area contributed by atoms with Gasteiger partial charge in [-0.3, -0.25) is 0 Å². The van der Waals surface area contributed by atoms with Gasteiger partial charge in [-0.05, 0) is 285 Å². The first kappa shape index (κ1) is 82.9. The molecule has 0 aliphatic carbocycles. The van der Waals surface area contributed by atoms with Crippen molar-refractivity contribution in [3.05, 3.63) is 360 Å². The fourth-order valence-electron chi connectivity index (χ4n) is 17.1. The van der Waals surface area contributed by atoms with E-state index in [2.05, 4.69) is 453 Å². The number of fused-ring (bicyclic) bond motifs is 4. The number of benzene rings is 14. The van der Waals surface area contributed by atoms with Gasteiger partial charge in [0.1, 0.15) is 0 Å². The summed E-state index contributed by atoms with van der Waals surface area (Å²) in [5.41, 5.74) is 41.4. The Morgan fingerprint density at radius 1 is 0.274 bits per heavy atom. The summed E-state index contributed by atoms with van der Waals surface area (Å²) in [6.07, 6.45) is 0. The molecule has 2 heterocycles. The van der Waals surface area contributed by atoms with Gasteiger partial charge in [0.05, 0.1) is 38.6 Å². The molecular formula is C109H110BBrCl2N4. The van der Waals surface area contributed by atoms with E-state index in [9.17, 15) is 0 Å². The van der Waals surface area contributed by atoms with Crippen LogP contribution in [-0.4, -0.2) is 6.71 Å². The van der Waals surface area contributed by atoms with Crippen LogP contribution in [0.4, 0.5) is 68.2 Å². The van der Waals surface area contributed by atoms with Crippen LogP contribution in [-0.2, 0) is 21.7 Å². The molecule has 0 amide bonds. The lowest BCUT2D eigenvalue weighted by Gasteiger charge is -2.45. The third kappa shape index (κ3) is 16.2. The highest BCUT2D eigenvalue weighted by atomic mass is 79.9. The Morgan fingerprint density at radius 3 is 0.880 bits per heavy atom. The van der Waals surface area contributed by atoms with Crippen molar-refractivity contribution in [2.45, 2.75) is 168 Å². The maximum atomic E-state index is 7.42. The van der Waals surface area contributed by atoms with Crippen molar-refractivity contribution in [1.29, 1.82) is 0 Å². The average molecular weight is 1640 g/mol. The largest absolute Gasteiger partial charge is 0.311 e. The Hall–Kier alpha value is -10.6. The lowest BCUT2D eigenvalue weighted by atomic mass is 9.33. The van der Waals surface area contributed by atoms with E-state index in [-0.39, 0.29) is 35.8 Å². The zero-order chi connectivity index (χ0) is 82.4. The normalized spacial score (nSPS) is 12.5. The molecule has 0 N–H and O–H groups in total. The molecule has 14 aromatic rings. The van der Waals surface area contributed by atoms with Gasteiger partial charge in [-0.2, -0.15) is 0 Å². The van der Waals surface area contributed by atoms with Gasteiger partial charge < -0.3 is 19.6 Å². The quantitative estimate of drug-likeness (QED) is 0.113. The van der Waals surface area contributed by atoms with Gasteiger partial charge in [-0.1, -0.05) is 306 Å². The molecule has 0 fully saturated rings. The van der Waals surface area contributed by atoms with E-state index < -0.39 is 0 Å². The van der Waals surface area contributed by atoms with Crippen LogP contribution >= 0.6 is 39.1 Å². The van der Waals surface area contributed by atoms with Crippen molar-refractivity contribution >= 4 is 130 Å². The third-order valence-corrected chi connectivity index (χ3v) is 24.8. The molecule has 590 valence electrons. The fourth-order valence-corrected chi connectivity index (χ4v) is 18.1. The number of aryl methyl sites for hydroxylation is 8. The van der Waals surface area contributed by atoms with E-state index >= 15 is 0 Å². The minimum atomic E-state index is -0.0414.